The Balaban J connectivity index is 3.93. The second-order valence-electron chi connectivity index (χ2n) is 4.17. The molecule has 0 fully saturated rings. The number of aliphatic hydroxyl groups excluding tert-OH is 1. The Labute approximate surface area is 87.2 Å². The monoisotopic (exact) mass is 201 g/mol. The van der Waals surface area contributed by atoms with Crippen LogP contribution in [0, 0.1) is 5.92 Å². The second-order valence-corrected chi connectivity index (χ2v) is 4.17. The molecule has 0 saturated heterocycles. The van der Waals surface area contributed by atoms with Gasteiger partial charge in [-0.2, -0.15) is 0 Å². The van der Waals surface area contributed by atoms with Gasteiger partial charge in [0.25, 0.3) is 0 Å². The summed E-state index contributed by atoms with van der Waals surface area (Å²) in [6.07, 6.45) is 0.109. The van der Waals surface area contributed by atoms with Crippen LogP contribution in [0.15, 0.2) is 12.3 Å². The second kappa shape index (κ2) is 6.85. The minimum absolute atomic E-state index is 0.0261. The summed E-state index contributed by atoms with van der Waals surface area (Å²) in [4.78, 5) is 0. The number of rotatable bonds is 7. The molecule has 0 rings (SSSR count). The highest BCUT2D eigenvalue weighted by Gasteiger charge is 2.13. The Morgan fingerprint density at radius 1 is 1.36 bits per heavy atom. The molecule has 0 radical (unpaired) electrons. The van der Waals surface area contributed by atoms with E-state index in [1.807, 2.05) is 13.8 Å². The highest BCUT2D eigenvalue weighted by Crippen LogP contribution is 2.05. The first-order valence-electron chi connectivity index (χ1n) is 5.17. The fourth-order valence-corrected chi connectivity index (χ4v) is 1.04. The van der Waals surface area contributed by atoms with Crippen molar-refractivity contribution >= 4 is 0 Å². The lowest BCUT2D eigenvalue weighted by atomic mass is 10.2. The van der Waals surface area contributed by atoms with Gasteiger partial charge in [-0.15, -0.1) is 0 Å². The molecule has 0 aromatic rings. The minimum atomic E-state index is -0.153. The Kier molecular flexibility index (Phi) is 6.58. The zero-order valence-corrected chi connectivity index (χ0v) is 9.71. The van der Waals surface area contributed by atoms with E-state index in [4.69, 9.17) is 9.84 Å². The Morgan fingerprint density at radius 2 is 1.93 bits per heavy atom. The van der Waals surface area contributed by atoms with Crippen LogP contribution in [0.1, 0.15) is 27.7 Å². The summed E-state index contributed by atoms with van der Waals surface area (Å²) in [5, 5.41) is 12.3. The first-order chi connectivity index (χ1) is 6.47. The van der Waals surface area contributed by atoms with Crippen molar-refractivity contribution in [3.8, 4) is 0 Å². The van der Waals surface area contributed by atoms with Crippen LogP contribution >= 0.6 is 0 Å². The van der Waals surface area contributed by atoms with E-state index in [1.54, 1.807) is 0 Å². The van der Waals surface area contributed by atoms with Crippen LogP contribution in [0.4, 0.5) is 0 Å². The fraction of sp³-hybridized carbons (Fsp3) is 0.818. The molecule has 84 valence electrons. The molecule has 14 heavy (non-hydrogen) atoms. The summed E-state index contributed by atoms with van der Waals surface area (Å²) >= 11 is 0. The van der Waals surface area contributed by atoms with E-state index in [-0.39, 0.29) is 18.8 Å². The zero-order valence-electron chi connectivity index (χ0n) is 9.71. The average molecular weight is 201 g/mol. The lowest BCUT2D eigenvalue weighted by Crippen LogP contribution is -2.37. The first-order valence-corrected chi connectivity index (χ1v) is 5.17. The van der Waals surface area contributed by atoms with Gasteiger partial charge in [0.1, 0.15) is 5.76 Å². The van der Waals surface area contributed by atoms with Crippen molar-refractivity contribution in [3.63, 3.8) is 0 Å². The molecule has 2 N–H and O–H groups in total. The molecule has 3 nitrogen and oxygen atoms in total. The smallest absolute Gasteiger partial charge is 0.108 e. The van der Waals surface area contributed by atoms with Crippen molar-refractivity contribution < 1.29 is 9.84 Å². The van der Waals surface area contributed by atoms with Gasteiger partial charge in [0.2, 0.25) is 0 Å². The molecule has 3 heteroatoms. The first kappa shape index (κ1) is 13.5. The van der Waals surface area contributed by atoms with Crippen LogP contribution in [-0.4, -0.2) is 30.4 Å². The van der Waals surface area contributed by atoms with Gasteiger partial charge in [-0.25, -0.2) is 0 Å². The minimum Gasteiger partial charge on any atom is -0.494 e. The van der Waals surface area contributed by atoms with Crippen molar-refractivity contribution in [2.24, 2.45) is 5.92 Å². The third-order valence-corrected chi connectivity index (χ3v) is 1.73. The molecule has 0 heterocycles. The molecular weight excluding hydrogens is 178 g/mol. The third-order valence-electron chi connectivity index (χ3n) is 1.73. The van der Waals surface area contributed by atoms with Gasteiger partial charge in [0.15, 0.2) is 0 Å². The molecule has 0 aliphatic rings. The fourth-order valence-electron chi connectivity index (χ4n) is 1.04. The summed E-state index contributed by atoms with van der Waals surface area (Å²) in [6, 6.07) is -0.153. The normalized spacial score (nSPS) is 13.4. The van der Waals surface area contributed by atoms with Crippen LogP contribution in [0.5, 0.6) is 0 Å². The molecule has 0 aliphatic carbocycles. The highest BCUT2D eigenvalue weighted by atomic mass is 16.5. The Morgan fingerprint density at radius 3 is 2.29 bits per heavy atom. The largest absolute Gasteiger partial charge is 0.494 e. The standard InChI is InChI=1S/C11H23NO2/c1-8(2)6-12-11(7-13)10(5)14-9(3)4/h8-9,11-13H,5-7H2,1-4H3. The maximum atomic E-state index is 9.12. The van der Waals surface area contributed by atoms with Crippen LogP contribution in [0.2, 0.25) is 0 Å². The molecule has 1 unspecified atom stereocenters. The number of hydrogen-bond acceptors (Lipinski definition) is 3. The number of hydrogen-bond donors (Lipinski definition) is 2. The van der Waals surface area contributed by atoms with E-state index in [0.717, 1.165) is 6.54 Å². The zero-order chi connectivity index (χ0) is 11.1. The van der Waals surface area contributed by atoms with E-state index in [1.165, 1.54) is 0 Å². The molecule has 0 amide bonds. The predicted molar refractivity (Wildman–Crippen MR) is 59.1 cm³/mol. The summed E-state index contributed by atoms with van der Waals surface area (Å²) < 4.78 is 5.42. The van der Waals surface area contributed by atoms with Crippen molar-refractivity contribution in [1.29, 1.82) is 0 Å². The molecule has 0 aromatic carbocycles. The third kappa shape index (κ3) is 6.00. The number of nitrogens with one attached hydrogen (secondary N) is 1. The molecular formula is C11H23NO2. The molecule has 0 bridgehead atoms. The quantitative estimate of drug-likeness (QED) is 0.614. The van der Waals surface area contributed by atoms with Gasteiger partial charge in [-0.05, 0) is 26.3 Å². The Bertz CT molecular complexity index is 167. The lowest BCUT2D eigenvalue weighted by molar-refractivity contribution is 0.111. The molecule has 0 spiro atoms. The molecule has 0 aliphatic heterocycles. The molecule has 0 saturated carbocycles. The van der Waals surface area contributed by atoms with E-state index >= 15 is 0 Å². The highest BCUT2D eigenvalue weighted by molar-refractivity contribution is 4.97. The molecule has 1 atom stereocenters. The van der Waals surface area contributed by atoms with Gasteiger partial charge in [0.05, 0.1) is 18.8 Å². The van der Waals surface area contributed by atoms with Crippen molar-refractivity contribution in [3.05, 3.63) is 12.3 Å². The summed E-state index contributed by atoms with van der Waals surface area (Å²) in [6.45, 7) is 12.8. The van der Waals surface area contributed by atoms with Crippen molar-refractivity contribution in [1.82, 2.24) is 5.32 Å². The van der Waals surface area contributed by atoms with E-state index < -0.39 is 0 Å². The Hall–Kier alpha value is -0.540. The SMILES string of the molecule is C=C(OC(C)C)C(CO)NCC(C)C. The predicted octanol–water partition coefficient (Wildman–Crippen LogP) is 1.53. The lowest BCUT2D eigenvalue weighted by Gasteiger charge is -2.22. The van der Waals surface area contributed by atoms with E-state index in [9.17, 15) is 0 Å². The van der Waals surface area contributed by atoms with E-state index in [2.05, 4.69) is 25.7 Å². The summed E-state index contributed by atoms with van der Waals surface area (Å²) in [5.74, 6) is 1.17. The summed E-state index contributed by atoms with van der Waals surface area (Å²) in [5.41, 5.74) is 0. The molecule has 0 aromatic heterocycles. The van der Waals surface area contributed by atoms with Crippen molar-refractivity contribution in [2.75, 3.05) is 13.2 Å². The van der Waals surface area contributed by atoms with Crippen LogP contribution in [-0.2, 0) is 4.74 Å². The van der Waals surface area contributed by atoms with Gasteiger partial charge in [-0.1, -0.05) is 20.4 Å². The maximum Gasteiger partial charge on any atom is 0.108 e. The van der Waals surface area contributed by atoms with Crippen molar-refractivity contribution in [2.45, 2.75) is 39.8 Å². The van der Waals surface area contributed by atoms with Crippen LogP contribution < -0.4 is 5.32 Å². The van der Waals surface area contributed by atoms with Crippen LogP contribution in [0.25, 0.3) is 0 Å². The van der Waals surface area contributed by atoms with Gasteiger partial charge in [-0.3, -0.25) is 0 Å². The summed E-state index contributed by atoms with van der Waals surface area (Å²) in [7, 11) is 0. The maximum absolute atomic E-state index is 9.12. The number of ether oxygens (including phenoxy) is 1. The van der Waals surface area contributed by atoms with Gasteiger partial charge < -0.3 is 15.2 Å². The van der Waals surface area contributed by atoms with Gasteiger partial charge in [0, 0.05) is 0 Å². The average Bonchev–Trinajstić information content (AvgIpc) is 2.03. The van der Waals surface area contributed by atoms with Gasteiger partial charge >= 0.3 is 0 Å². The van der Waals surface area contributed by atoms with E-state index in [0.29, 0.717) is 11.7 Å². The topological polar surface area (TPSA) is 41.5 Å². The van der Waals surface area contributed by atoms with Crippen LogP contribution in [0.3, 0.4) is 0 Å². The number of aliphatic hydroxyl groups is 1.